The maximum Gasteiger partial charge on any atom is 0.238 e. The van der Waals surface area contributed by atoms with Crippen molar-refractivity contribution >= 4 is 15.7 Å². The Kier molecular flexibility index (Phi) is 2.90. The van der Waals surface area contributed by atoms with E-state index in [2.05, 4.69) is 5.32 Å². The Bertz CT molecular complexity index is 375. The molecule has 0 bridgehead atoms. The van der Waals surface area contributed by atoms with Crippen LogP contribution in [0.5, 0.6) is 0 Å². The fraction of sp³-hybridized carbons (Fsp3) is 0.250. The number of nitrogens with two attached hydrogens (primary N) is 1. The van der Waals surface area contributed by atoms with Crippen molar-refractivity contribution in [1.82, 2.24) is 0 Å². The van der Waals surface area contributed by atoms with Crippen LogP contribution in [0.25, 0.3) is 0 Å². The third-order valence-corrected chi connectivity index (χ3v) is 2.49. The Morgan fingerprint density at radius 3 is 2.31 bits per heavy atom. The fourth-order valence-corrected chi connectivity index (χ4v) is 1.48. The summed E-state index contributed by atoms with van der Waals surface area (Å²) in [6, 6.07) is 6.33. The average Bonchev–Trinajstić information content (AvgIpc) is 2.04. The molecule has 0 atom stereocenters. The number of sulfonamides is 1. The number of hydrogen-bond acceptors (Lipinski definition) is 3. The van der Waals surface area contributed by atoms with Crippen molar-refractivity contribution in [3.63, 3.8) is 0 Å². The van der Waals surface area contributed by atoms with Crippen molar-refractivity contribution in [2.24, 2.45) is 5.14 Å². The Morgan fingerprint density at radius 1 is 1.38 bits per heavy atom. The molecule has 4 nitrogen and oxygen atoms in total. The summed E-state index contributed by atoms with van der Waals surface area (Å²) in [5, 5.41) is 7.98. The molecule has 3 N–H and O–H groups in total. The molecule has 1 rings (SSSR count). The summed E-state index contributed by atoms with van der Waals surface area (Å²) >= 11 is 0. The Labute approximate surface area is 79.3 Å². The summed E-state index contributed by atoms with van der Waals surface area (Å²) in [6.07, 6.45) is 0. The van der Waals surface area contributed by atoms with Gasteiger partial charge < -0.3 is 5.32 Å². The molecule has 0 fully saturated rings. The van der Waals surface area contributed by atoms with Gasteiger partial charge in [0, 0.05) is 13.7 Å². The molecule has 0 spiro atoms. The van der Waals surface area contributed by atoms with E-state index in [1.165, 1.54) is 12.1 Å². The molecule has 0 aliphatic rings. The third kappa shape index (κ3) is 2.71. The first-order valence-electron chi connectivity index (χ1n) is 3.91. The van der Waals surface area contributed by atoms with E-state index in [0.717, 1.165) is 12.2 Å². The van der Waals surface area contributed by atoms with Crippen LogP contribution < -0.4 is 10.5 Å². The molecular formula is C8H14N2O2S. The van der Waals surface area contributed by atoms with Crippen molar-refractivity contribution in [3.8, 4) is 0 Å². The van der Waals surface area contributed by atoms with Crippen molar-refractivity contribution < 1.29 is 9.84 Å². The second-order valence-electron chi connectivity index (χ2n) is 2.60. The molecule has 0 saturated carbocycles. The topological polar surface area (TPSA) is 72.2 Å². The quantitative estimate of drug-likeness (QED) is 0.768. The highest BCUT2D eigenvalue weighted by molar-refractivity contribution is 7.89. The Morgan fingerprint density at radius 2 is 1.92 bits per heavy atom. The molecule has 0 aliphatic carbocycles. The molecule has 0 saturated heterocycles. The maximum absolute atomic E-state index is 10.9. The van der Waals surface area contributed by atoms with Gasteiger partial charge in [-0.2, -0.15) is 0 Å². The van der Waals surface area contributed by atoms with Crippen LogP contribution in [-0.2, 0) is 10.0 Å². The number of hydrogen-bond donors (Lipinski definition) is 2. The lowest BCUT2D eigenvalue weighted by atomic mass is 10.3. The van der Waals surface area contributed by atoms with E-state index in [0.29, 0.717) is 0 Å². The van der Waals surface area contributed by atoms with Gasteiger partial charge in [-0.05, 0) is 31.2 Å². The standard InChI is InChI=1S/C8H12N2O2S.H2/c1-2-10-7-3-5-8(6-4-7)13(9,11)12;/h3-6,10H,2H2,1H3,(H2,9,11,12);1H. The van der Waals surface area contributed by atoms with E-state index in [9.17, 15) is 8.42 Å². The van der Waals surface area contributed by atoms with E-state index in [1.807, 2.05) is 6.92 Å². The molecule has 13 heavy (non-hydrogen) atoms. The number of benzene rings is 1. The summed E-state index contributed by atoms with van der Waals surface area (Å²) in [7, 11) is -3.56. The highest BCUT2D eigenvalue weighted by Gasteiger charge is 2.05. The fourth-order valence-electron chi connectivity index (χ4n) is 0.967. The lowest BCUT2D eigenvalue weighted by Gasteiger charge is -2.03. The minimum atomic E-state index is -3.56. The van der Waals surface area contributed by atoms with Crippen molar-refractivity contribution in [1.29, 1.82) is 0 Å². The summed E-state index contributed by atoms with van der Waals surface area (Å²) in [4.78, 5) is 0.133. The molecular weight excluding hydrogens is 188 g/mol. The van der Waals surface area contributed by atoms with Crippen molar-refractivity contribution in [2.75, 3.05) is 11.9 Å². The normalized spacial score (nSPS) is 11.2. The van der Waals surface area contributed by atoms with Crippen molar-refractivity contribution in [3.05, 3.63) is 24.3 Å². The first kappa shape index (κ1) is 10.0. The highest BCUT2D eigenvalue weighted by Crippen LogP contribution is 2.11. The second kappa shape index (κ2) is 3.76. The van der Waals surface area contributed by atoms with Crippen LogP contribution in [-0.4, -0.2) is 15.0 Å². The summed E-state index contributed by atoms with van der Waals surface area (Å²) < 4.78 is 21.7. The van der Waals surface area contributed by atoms with Crippen molar-refractivity contribution in [2.45, 2.75) is 11.8 Å². The van der Waals surface area contributed by atoms with E-state index in [1.54, 1.807) is 12.1 Å². The van der Waals surface area contributed by atoms with E-state index >= 15 is 0 Å². The smallest absolute Gasteiger partial charge is 0.238 e. The molecule has 0 heterocycles. The van der Waals surface area contributed by atoms with Gasteiger partial charge in [0.25, 0.3) is 0 Å². The first-order valence-corrected chi connectivity index (χ1v) is 5.45. The average molecular weight is 202 g/mol. The van der Waals surface area contributed by atoms with Gasteiger partial charge in [-0.15, -0.1) is 0 Å². The lowest BCUT2D eigenvalue weighted by Crippen LogP contribution is -2.11. The minimum Gasteiger partial charge on any atom is -0.385 e. The predicted molar refractivity (Wildman–Crippen MR) is 54.1 cm³/mol. The van der Waals surface area contributed by atoms with Gasteiger partial charge >= 0.3 is 0 Å². The third-order valence-electron chi connectivity index (χ3n) is 1.56. The van der Waals surface area contributed by atoms with E-state index in [-0.39, 0.29) is 6.32 Å². The van der Waals surface area contributed by atoms with Gasteiger partial charge in [0.1, 0.15) is 0 Å². The zero-order valence-electron chi connectivity index (χ0n) is 7.32. The molecule has 0 amide bonds. The number of nitrogens with one attached hydrogen (secondary N) is 1. The summed E-state index contributed by atoms with van der Waals surface area (Å²) in [6.45, 7) is 2.77. The number of primary sulfonamides is 1. The molecule has 74 valence electrons. The molecule has 0 radical (unpaired) electrons. The largest absolute Gasteiger partial charge is 0.385 e. The maximum atomic E-state index is 10.9. The lowest BCUT2D eigenvalue weighted by molar-refractivity contribution is 0.598. The highest BCUT2D eigenvalue weighted by atomic mass is 32.2. The van der Waals surface area contributed by atoms with Crippen LogP contribution in [0.1, 0.15) is 8.35 Å². The predicted octanol–water partition coefficient (Wildman–Crippen LogP) is 1.01. The minimum absolute atomic E-state index is 0. The van der Waals surface area contributed by atoms with Crippen LogP contribution in [0.4, 0.5) is 5.69 Å². The van der Waals surface area contributed by atoms with E-state index in [4.69, 9.17) is 5.14 Å². The number of rotatable bonds is 3. The summed E-state index contributed by atoms with van der Waals surface area (Å²) in [5.41, 5.74) is 0.884. The molecule has 0 unspecified atom stereocenters. The van der Waals surface area contributed by atoms with Gasteiger partial charge in [-0.1, -0.05) is 0 Å². The second-order valence-corrected chi connectivity index (χ2v) is 4.16. The van der Waals surface area contributed by atoms with Gasteiger partial charge in [-0.3, -0.25) is 0 Å². The molecule has 0 aliphatic heterocycles. The van der Waals surface area contributed by atoms with Crippen LogP contribution in [0.15, 0.2) is 29.2 Å². The molecule has 5 heteroatoms. The molecule has 0 aromatic heterocycles. The Hall–Kier alpha value is -1.07. The Balaban J connectivity index is 0.00000169. The zero-order chi connectivity index (χ0) is 9.90. The van der Waals surface area contributed by atoms with Crippen LogP contribution in [0.2, 0.25) is 0 Å². The first-order chi connectivity index (χ1) is 6.04. The number of anilines is 1. The van der Waals surface area contributed by atoms with Gasteiger partial charge in [0.15, 0.2) is 0 Å². The van der Waals surface area contributed by atoms with Crippen LogP contribution in [0.3, 0.4) is 0 Å². The van der Waals surface area contributed by atoms with Crippen LogP contribution >= 0.6 is 0 Å². The molecule has 1 aromatic rings. The van der Waals surface area contributed by atoms with Crippen LogP contribution in [0, 0.1) is 0 Å². The van der Waals surface area contributed by atoms with Gasteiger partial charge in [0.2, 0.25) is 10.0 Å². The summed E-state index contributed by atoms with van der Waals surface area (Å²) in [5.74, 6) is 0. The van der Waals surface area contributed by atoms with E-state index < -0.39 is 10.0 Å². The van der Waals surface area contributed by atoms with Gasteiger partial charge in [-0.25, -0.2) is 13.6 Å². The van der Waals surface area contributed by atoms with Gasteiger partial charge in [0.05, 0.1) is 4.90 Å². The SMILES string of the molecule is CCNc1ccc(S(N)(=O)=O)cc1.[HH]. The zero-order valence-corrected chi connectivity index (χ0v) is 8.14. The molecule has 1 aromatic carbocycles. The monoisotopic (exact) mass is 202 g/mol.